The van der Waals surface area contributed by atoms with Crippen LogP contribution >= 0.6 is 0 Å². The lowest BCUT2D eigenvalue weighted by molar-refractivity contribution is -0.133. The number of ether oxygens (including phenoxy) is 4. The van der Waals surface area contributed by atoms with Crippen molar-refractivity contribution in [2.75, 3.05) is 27.4 Å². The Morgan fingerprint density at radius 2 is 1.85 bits per heavy atom. The first kappa shape index (κ1) is 19.2. The molecule has 0 bridgehead atoms. The van der Waals surface area contributed by atoms with Crippen LogP contribution in [0.2, 0.25) is 0 Å². The Labute approximate surface area is 154 Å². The lowest BCUT2D eigenvalue weighted by atomic mass is 10.0. The highest BCUT2D eigenvalue weighted by Crippen LogP contribution is 2.34. The molecule has 0 amide bonds. The van der Waals surface area contributed by atoms with Gasteiger partial charge in [-0.3, -0.25) is 0 Å². The molecular weight excluding hydrogens is 358 g/mol. The maximum absolute atomic E-state index is 12.7. The molecule has 2 aliphatic heterocycles. The first-order chi connectivity index (χ1) is 12.2. The number of methoxy groups -OCH3 is 2. The number of sulfonamides is 1. The van der Waals surface area contributed by atoms with Gasteiger partial charge in [0.15, 0.2) is 17.3 Å². The summed E-state index contributed by atoms with van der Waals surface area (Å²) in [7, 11) is -0.388. The molecule has 1 aromatic rings. The summed E-state index contributed by atoms with van der Waals surface area (Å²) in [5.74, 6) is 0.571. The summed E-state index contributed by atoms with van der Waals surface area (Å²) in [5, 5.41) is 1.22. The maximum atomic E-state index is 12.7. The zero-order chi connectivity index (χ0) is 18.9. The SMILES string of the molecule is COc1cc2c(cc1OC)CN(S(=O)(=O)C=CC1COC(C)(C)O1)CC2. The second-order valence-electron chi connectivity index (χ2n) is 6.80. The minimum absolute atomic E-state index is 0.301. The maximum Gasteiger partial charge on any atom is 0.236 e. The van der Waals surface area contributed by atoms with Crippen LogP contribution in [0.15, 0.2) is 23.6 Å². The van der Waals surface area contributed by atoms with Crippen LogP contribution in [0.3, 0.4) is 0 Å². The fourth-order valence-corrected chi connectivity index (χ4v) is 4.37. The summed E-state index contributed by atoms with van der Waals surface area (Å²) in [6.07, 6.45) is 1.81. The number of rotatable bonds is 5. The van der Waals surface area contributed by atoms with E-state index in [1.807, 2.05) is 12.1 Å². The van der Waals surface area contributed by atoms with Crippen molar-refractivity contribution in [2.24, 2.45) is 0 Å². The third kappa shape index (κ3) is 4.03. The highest BCUT2D eigenvalue weighted by Gasteiger charge is 2.32. The van der Waals surface area contributed by atoms with Gasteiger partial charge in [0, 0.05) is 18.5 Å². The molecule has 0 aliphatic carbocycles. The largest absolute Gasteiger partial charge is 0.493 e. The molecule has 1 atom stereocenters. The van der Waals surface area contributed by atoms with E-state index in [9.17, 15) is 8.42 Å². The zero-order valence-corrected chi connectivity index (χ0v) is 16.3. The summed E-state index contributed by atoms with van der Waals surface area (Å²) in [6, 6.07) is 3.76. The van der Waals surface area contributed by atoms with Crippen LogP contribution in [0.1, 0.15) is 25.0 Å². The quantitative estimate of drug-likeness (QED) is 0.775. The van der Waals surface area contributed by atoms with Crippen LogP contribution < -0.4 is 9.47 Å². The first-order valence-electron chi connectivity index (χ1n) is 8.48. The Balaban J connectivity index is 1.75. The molecule has 1 saturated heterocycles. The van der Waals surface area contributed by atoms with Gasteiger partial charge in [-0.05, 0) is 49.6 Å². The molecular formula is C18H25NO6S. The molecule has 1 aromatic carbocycles. The monoisotopic (exact) mass is 383 g/mol. The van der Waals surface area contributed by atoms with E-state index in [-0.39, 0.29) is 6.10 Å². The van der Waals surface area contributed by atoms with Gasteiger partial charge < -0.3 is 18.9 Å². The van der Waals surface area contributed by atoms with Gasteiger partial charge >= 0.3 is 0 Å². The van der Waals surface area contributed by atoms with Crippen molar-refractivity contribution >= 4 is 10.0 Å². The highest BCUT2D eigenvalue weighted by atomic mass is 32.2. The highest BCUT2D eigenvalue weighted by molar-refractivity contribution is 7.92. The summed E-state index contributed by atoms with van der Waals surface area (Å²) >= 11 is 0. The minimum atomic E-state index is -3.54. The first-order valence-corrected chi connectivity index (χ1v) is 9.98. The van der Waals surface area contributed by atoms with Crippen LogP contribution in [0, 0.1) is 0 Å². The summed E-state index contributed by atoms with van der Waals surface area (Å²) in [5.41, 5.74) is 2.00. The molecule has 8 heteroatoms. The predicted molar refractivity (Wildman–Crippen MR) is 96.6 cm³/mol. The molecule has 2 aliphatic rings. The van der Waals surface area contributed by atoms with Crippen molar-refractivity contribution in [3.05, 3.63) is 34.7 Å². The Morgan fingerprint density at radius 1 is 1.19 bits per heavy atom. The Hall–Kier alpha value is -1.61. The van der Waals surface area contributed by atoms with E-state index in [0.29, 0.717) is 37.6 Å². The second-order valence-corrected chi connectivity index (χ2v) is 8.62. The van der Waals surface area contributed by atoms with Crippen molar-refractivity contribution in [1.82, 2.24) is 4.31 Å². The van der Waals surface area contributed by atoms with Crippen LogP contribution in [0.4, 0.5) is 0 Å². The number of fused-ring (bicyclic) bond motifs is 1. The molecule has 1 fully saturated rings. The standard InChI is InChI=1S/C18H25NO6S/c1-18(2)24-12-15(25-18)6-8-26(20,21)19-7-5-13-9-16(22-3)17(23-4)10-14(13)11-19/h6,8-10,15H,5,7,11-12H2,1-4H3. The molecule has 0 radical (unpaired) electrons. The molecule has 0 saturated carbocycles. The molecule has 0 aromatic heterocycles. The van der Waals surface area contributed by atoms with Crippen molar-refractivity contribution < 1.29 is 27.4 Å². The molecule has 26 heavy (non-hydrogen) atoms. The summed E-state index contributed by atoms with van der Waals surface area (Å²) < 4.78 is 48.5. The van der Waals surface area contributed by atoms with E-state index in [1.54, 1.807) is 34.1 Å². The summed E-state index contributed by atoms with van der Waals surface area (Å²) in [6.45, 7) is 4.68. The van der Waals surface area contributed by atoms with Gasteiger partial charge in [-0.25, -0.2) is 8.42 Å². The van der Waals surface area contributed by atoms with Gasteiger partial charge in [0.25, 0.3) is 0 Å². The molecule has 2 heterocycles. The number of benzene rings is 1. The lowest BCUT2D eigenvalue weighted by Gasteiger charge is -2.28. The van der Waals surface area contributed by atoms with E-state index in [4.69, 9.17) is 18.9 Å². The average molecular weight is 383 g/mol. The Bertz CT molecular complexity index is 802. The molecule has 0 spiro atoms. The normalized spacial score (nSPS) is 23.2. The van der Waals surface area contributed by atoms with Crippen molar-refractivity contribution in [3.8, 4) is 11.5 Å². The summed E-state index contributed by atoms with van der Waals surface area (Å²) in [4.78, 5) is 0. The van der Waals surface area contributed by atoms with Gasteiger partial charge in [0.2, 0.25) is 10.0 Å². The van der Waals surface area contributed by atoms with E-state index >= 15 is 0 Å². The smallest absolute Gasteiger partial charge is 0.236 e. The van der Waals surface area contributed by atoms with Crippen LogP contribution in [0.5, 0.6) is 11.5 Å². The molecule has 1 unspecified atom stereocenters. The third-order valence-corrected chi connectivity index (χ3v) is 6.07. The number of nitrogens with zero attached hydrogens (tertiary/aromatic N) is 1. The van der Waals surface area contributed by atoms with Crippen LogP contribution in [0.25, 0.3) is 0 Å². The molecule has 3 rings (SSSR count). The fraction of sp³-hybridized carbons (Fsp3) is 0.556. The molecule has 7 nitrogen and oxygen atoms in total. The Kier molecular flexibility index (Phi) is 5.30. The van der Waals surface area contributed by atoms with Gasteiger partial charge in [-0.1, -0.05) is 0 Å². The van der Waals surface area contributed by atoms with Crippen LogP contribution in [-0.2, 0) is 32.5 Å². The van der Waals surface area contributed by atoms with E-state index < -0.39 is 15.8 Å². The zero-order valence-electron chi connectivity index (χ0n) is 15.5. The minimum Gasteiger partial charge on any atom is -0.493 e. The van der Waals surface area contributed by atoms with Crippen LogP contribution in [-0.4, -0.2) is 52.0 Å². The number of hydrogen-bond acceptors (Lipinski definition) is 6. The van der Waals surface area contributed by atoms with E-state index in [1.165, 1.54) is 9.71 Å². The fourth-order valence-electron chi connectivity index (χ4n) is 3.16. The van der Waals surface area contributed by atoms with Crippen molar-refractivity contribution in [2.45, 2.75) is 38.7 Å². The molecule has 144 valence electrons. The average Bonchev–Trinajstić information content (AvgIpc) is 2.97. The third-order valence-electron chi connectivity index (χ3n) is 4.54. The van der Waals surface area contributed by atoms with E-state index in [0.717, 1.165) is 11.1 Å². The van der Waals surface area contributed by atoms with Gasteiger partial charge in [-0.15, -0.1) is 0 Å². The molecule has 0 N–H and O–H groups in total. The Morgan fingerprint density at radius 3 is 2.42 bits per heavy atom. The lowest BCUT2D eigenvalue weighted by Crippen LogP contribution is -2.35. The van der Waals surface area contributed by atoms with Gasteiger partial charge in [-0.2, -0.15) is 4.31 Å². The van der Waals surface area contributed by atoms with E-state index in [2.05, 4.69) is 0 Å². The topological polar surface area (TPSA) is 74.3 Å². The van der Waals surface area contributed by atoms with Gasteiger partial charge in [0.1, 0.15) is 6.10 Å². The second kappa shape index (κ2) is 7.19. The predicted octanol–water partition coefficient (Wildman–Crippen LogP) is 2.06. The number of hydrogen-bond donors (Lipinski definition) is 0. The van der Waals surface area contributed by atoms with Crippen molar-refractivity contribution in [3.63, 3.8) is 0 Å². The van der Waals surface area contributed by atoms with Gasteiger partial charge in [0.05, 0.1) is 20.8 Å². The van der Waals surface area contributed by atoms with Crippen molar-refractivity contribution in [1.29, 1.82) is 0 Å².